The molecule has 0 amide bonds. The summed E-state index contributed by atoms with van der Waals surface area (Å²) in [6.07, 6.45) is 0.509. The van der Waals surface area contributed by atoms with Crippen molar-refractivity contribution in [1.82, 2.24) is 0 Å². The molecule has 0 fully saturated rings. The summed E-state index contributed by atoms with van der Waals surface area (Å²) in [6.45, 7) is 7.16. The largest absolute Gasteiger partial charge is 0.496 e. The monoisotopic (exact) mass is 284 g/mol. The first-order chi connectivity index (χ1) is 8.74. The Morgan fingerprint density at radius 2 is 1.84 bits per heavy atom. The lowest BCUT2D eigenvalue weighted by atomic mass is 9.96. The minimum atomic E-state index is -1.00. The molecule has 1 unspecified atom stereocenters. The highest BCUT2D eigenvalue weighted by atomic mass is 35.5. The zero-order valence-electron chi connectivity index (χ0n) is 12.1. The summed E-state index contributed by atoms with van der Waals surface area (Å²) >= 11 is 6.13. The van der Waals surface area contributed by atoms with Crippen LogP contribution in [0.4, 0.5) is 0 Å². The molecule has 1 rings (SSSR count). The lowest BCUT2D eigenvalue weighted by molar-refractivity contribution is -0.160. The van der Waals surface area contributed by atoms with Gasteiger partial charge >= 0.3 is 5.97 Å². The summed E-state index contributed by atoms with van der Waals surface area (Å²) in [7, 11) is 1.59. The minimum Gasteiger partial charge on any atom is -0.496 e. The predicted molar refractivity (Wildman–Crippen MR) is 76.7 cm³/mol. The van der Waals surface area contributed by atoms with Crippen LogP contribution in [0, 0.1) is 0 Å². The summed E-state index contributed by atoms with van der Waals surface area (Å²) in [5.41, 5.74) is 0.0177. The fraction of sp³-hybridized carbons (Fsp3) is 0.533. The molecule has 19 heavy (non-hydrogen) atoms. The van der Waals surface area contributed by atoms with Gasteiger partial charge in [0.2, 0.25) is 0 Å². The van der Waals surface area contributed by atoms with E-state index in [0.717, 1.165) is 5.56 Å². The van der Waals surface area contributed by atoms with Gasteiger partial charge < -0.3 is 9.47 Å². The Morgan fingerprint density at radius 3 is 2.37 bits per heavy atom. The molecule has 4 heteroatoms. The average Bonchev–Trinajstić information content (AvgIpc) is 2.38. The smallest absolute Gasteiger partial charge is 0.327 e. The van der Waals surface area contributed by atoms with Crippen LogP contribution in [0.15, 0.2) is 24.3 Å². The molecule has 3 nitrogen and oxygen atoms in total. The van der Waals surface area contributed by atoms with Gasteiger partial charge in [0.1, 0.15) is 16.2 Å². The Hall–Kier alpha value is -1.22. The minimum absolute atomic E-state index is 0.424. The van der Waals surface area contributed by atoms with Gasteiger partial charge in [0, 0.05) is 5.56 Å². The molecule has 0 aliphatic heterocycles. The standard InChI is InChI=1S/C15H21ClO3/c1-6-15(4,16)13(17)19-14(2,3)11-9-7-8-10-12(11)18-5/h7-10H,6H2,1-5H3. The van der Waals surface area contributed by atoms with E-state index in [9.17, 15) is 4.79 Å². The van der Waals surface area contributed by atoms with Gasteiger partial charge in [-0.25, -0.2) is 0 Å². The molecule has 0 bridgehead atoms. The van der Waals surface area contributed by atoms with E-state index in [1.807, 2.05) is 45.0 Å². The van der Waals surface area contributed by atoms with Gasteiger partial charge in [0.15, 0.2) is 0 Å². The Morgan fingerprint density at radius 1 is 1.26 bits per heavy atom. The van der Waals surface area contributed by atoms with E-state index in [4.69, 9.17) is 21.1 Å². The number of ether oxygens (including phenoxy) is 2. The fourth-order valence-electron chi connectivity index (χ4n) is 1.68. The van der Waals surface area contributed by atoms with Crippen LogP contribution in [0.2, 0.25) is 0 Å². The molecule has 0 saturated carbocycles. The number of esters is 1. The van der Waals surface area contributed by atoms with Crippen LogP contribution in [0.25, 0.3) is 0 Å². The van der Waals surface area contributed by atoms with E-state index < -0.39 is 16.4 Å². The third-order valence-electron chi connectivity index (χ3n) is 3.19. The first-order valence-electron chi connectivity index (χ1n) is 6.30. The first-order valence-corrected chi connectivity index (χ1v) is 6.68. The number of hydrogen-bond donors (Lipinski definition) is 0. The Bertz CT molecular complexity index is 452. The van der Waals surface area contributed by atoms with Crippen molar-refractivity contribution in [2.24, 2.45) is 0 Å². The highest BCUT2D eigenvalue weighted by Gasteiger charge is 2.36. The topological polar surface area (TPSA) is 35.5 Å². The summed E-state index contributed by atoms with van der Waals surface area (Å²) in [4.78, 5) is 11.1. The third kappa shape index (κ3) is 3.63. The van der Waals surface area contributed by atoms with E-state index >= 15 is 0 Å². The normalized spacial score (nSPS) is 14.6. The average molecular weight is 285 g/mol. The van der Waals surface area contributed by atoms with Crippen molar-refractivity contribution in [2.45, 2.75) is 44.6 Å². The lowest BCUT2D eigenvalue weighted by Crippen LogP contribution is -2.36. The van der Waals surface area contributed by atoms with E-state index in [1.54, 1.807) is 14.0 Å². The van der Waals surface area contributed by atoms with Crippen LogP contribution >= 0.6 is 11.6 Å². The molecule has 0 radical (unpaired) electrons. The van der Waals surface area contributed by atoms with Crippen molar-refractivity contribution in [3.05, 3.63) is 29.8 Å². The number of hydrogen-bond acceptors (Lipinski definition) is 3. The highest BCUT2D eigenvalue weighted by molar-refractivity contribution is 6.33. The highest BCUT2D eigenvalue weighted by Crippen LogP contribution is 2.34. The second-order valence-electron chi connectivity index (χ2n) is 5.15. The molecule has 0 aromatic heterocycles. The molecular weight excluding hydrogens is 264 g/mol. The summed E-state index contributed by atoms with van der Waals surface area (Å²) in [5, 5.41) is 0. The fourth-order valence-corrected chi connectivity index (χ4v) is 1.72. The summed E-state index contributed by atoms with van der Waals surface area (Å²) in [5.74, 6) is 0.264. The zero-order valence-corrected chi connectivity index (χ0v) is 12.9. The number of halogens is 1. The molecule has 0 saturated heterocycles. The number of rotatable bonds is 5. The maximum Gasteiger partial charge on any atom is 0.327 e. The lowest BCUT2D eigenvalue weighted by Gasteiger charge is -2.30. The van der Waals surface area contributed by atoms with E-state index in [2.05, 4.69) is 0 Å². The molecule has 0 aliphatic carbocycles. The first kappa shape index (κ1) is 15.8. The van der Waals surface area contributed by atoms with Crippen LogP contribution in [0.1, 0.15) is 39.7 Å². The van der Waals surface area contributed by atoms with E-state index in [1.165, 1.54) is 0 Å². The van der Waals surface area contributed by atoms with E-state index in [-0.39, 0.29) is 0 Å². The molecule has 1 aromatic rings. The van der Waals surface area contributed by atoms with Gasteiger partial charge in [-0.1, -0.05) is 25.1 Å². The van der Waals surface area contributed by atoms with Crippen LogP contribution in [0.3, 0.4) is 0 Å². The summed E-state index contributed by atoms with van der Waals surface area (Å²) in [6, 6.07) is 7.47. The molecule has 1 aromatic carbocycles. The van der Waals surface area contributed by atoms with Gasteiger partial charge in [-0.3, -0.25) is 4.79 Å². The van der Waals surface area contributed by atoms with Crippen molar-refractivity contribution < 1.29 is 14.3 Å². The second kappa shape index (κ2) is 5.83. The third-order valence-corrected chi connectivity index (χ3v) is 3.61. The van der Waals surface area contributed by atoms with Crippen LogP contribution in [0.5, 0.6) is 5.75 Å². The number of methoxy groups -OCH3 is 1. The number of para-hydroxylation sites is 1. The van der Waals surface area contributed by atoms with Crippen molar-refractivity contribution in [3.8, 4) is 5.75 Å². The van der Waals surface area contributed by atoms with Gasteiger partial charge in [-0.2, -0.15) is 0 Å². The van der Waals surface area contributed by atoms with Crippen molar-refractivity contribution in [3.63, 3.8) is 0 Å². The van der Waals surface area contributed by atoms with Crippen molar-refractivity contribution in [2.75, 3.05) is 7.11 Å². The van der Waals surface area contributed by atoms with Gasteiger partial charge in [-0.15, -0.1) is 11.6 Å². The van der Waals surface area contributed by atoms with Crippen molar-refractivity contribution >= 4 is 17.6 Å². The number of carbonyl (C=O) groups is 1. The maximum absolute atomic E-state index is 12.1. The second-order valence-corrected chi connectivity index (χ2v) is 5.99. The van der Waals surface area contributed by atoms with Crippen LogP contribution < -0.4 is 4.74 Å². The quantitative estimate of drug-likeness (QED) is 0.608. The number of carbonyl (C=O) groups excluding carboxylic acids is 1. The van der Waals surface area contributed by atoms with Crippen LogP contribution in [-0.4, -0.2) is 18.0 Å². The Labute approximate surface area is 119 Å². The van der Waals surface area contributed by atoms with Gasteiger partial charge in [-0.05, 0) is 33.3 Å². The SMILES string of the molecule is CCC(C)(Cl)C(=O)OC(C)(C)c1ccccc1OC. The van der Waals surface area contributed by atoms with Gasteiger partial charge in [0.05, 0.1) is 7.11 Å². The van der Waals surface area contributed by atoms with Crippen molar-refractivity contribution in [1.29, 1.82) is 0 Å². The van der Waals surface area contributed by atoms with Crippen LogP contribution in [-0.2, 0) is 15.1 Å². The zero-order chi connectivity index (χ0) is 14.7. The number of alkyl halides is 1. The molecule has 0 aliphatic rings. The molecule has 106 valence electrons. The van der Waals surface area contributed by atoms with Gasteiger partial charge in [0.25, 0.3) is 0 Å². The number of benzene rings is 1. The molecule has 0 heterocycles. The molecule has 0 N–H and O–H groups in total. The molecular formula is C15H21ClO3. The Kier molecular flexibility index (Phi) is 4.86. The summed E-state index contributed by atoms with van der Waals surface area (Å²) < 4.78 is 10.9. The predicted octanol–water partition coefficient (Wildman–Crippen LogP) is 3.88. The van der Waals surface area contributed by atoms with E-state index in [0.29, 0.717) is 12.2 Å². The molecule has 1 atom stereocenters. The maximum atomic E-state index is 12.1. The molecule has 0 spiro atoms. The Balaban J connectivity index is 3.01.